The Morgan fingerprint density at radius 1 is 1.16 bits per heavy atom. The lowest BCUT2D eigenvalue weighted by Crippen LogP contribution is -2.35. The van der Waals surface area contributed by atoms with E-state index in [1.807, 2.05) is 22.9 Å². The van der Waals surface area contributed by atoms with Crippen molar-refractivity contribution in [2.75, 3.05) is 45.3 Å². The van der Waals surface area contributed by atoms with Crippen molar-refractivity contribution in [3.05, 3.63) is 47.2 Å². The Balaban J connectivity index is 1.63. The second-order valence-electron chi connectivity index (χ2n) is 11.2. The maximum absolute atomic E-state index is 11.6. The van der Waals surface area contributed by atoms with Gasteiger partial charge in [-0.1, -0.05) is 57.3 Å². The SMILES string of the molecule is CCCCOc1nc(N)c2c(n1)c(C(O)c1cccc(CN3CCOCC3)c1)cn2COCC[Si](C)(C)C. The summed E-state index contributed by atoms with van der Waals surface area (Å²) in [5.41, 5.74) is 10.3. The van der Waals surface area contributed by atoms with Gasteiger partial charge in [0.25, 0.3) is 0 Å². The summed E-state index contributed by atoms with van der Waals surface area (Å²) in [7, 11) is -1.21. The van der Waals surface area contributed by atoms with Gasteiger partial charge in [0.05, 0.1) is 19.8 Å². The van der Waals surface area contributed by atoms with Gasteiger partial charge in [0, 0.05) is 46.1 Å². The maximum Gasteiger partial charge on any atom is 0.319 e. The predicted octanol–water partition coefficient (Wildman–Crippen LogP) is 4.42. The molecule has 1 atom stereocenters. The highest BCUT2D eigenvalue weighted by Crippen LogP contribution is 2.33. The molecule has 9 nitrogen and oxygen atoms in total. The molecule has 0 radical (unpaired) electrons. The molecule has 3 heterocycles. The number of aliphatic hydroxyl groups excluding tert-OH is 1. The number of unbranched alkanes of at least 4 members (excludes halogenated alkanes) is 1. The van der Waals surface area contributed by atoms with E-state index in [0.717, 1.165) is 62.9 Å². The minimum Gasteiger partial charge on any atom is -0.463 e. The summed E-state index contributed by atoms with van der Waals surface area (Å²) in [5.74, 6) is 0.315. The lowest BCUT2D eigenvalue weighted by atomic mass is 10.0. The van der Waals surface area contributed by atoms with Crippen LogP contribution in [0.25, 0.3) is 11.0 Å². The number of ether oxygens (including phenoxy) is 3. The first kappa shape index (κ1) is 28.5. The largest absolute Gasteiger partial charge is 0.463 e. The van der Waals surface area contributed by atoms with E-state index in [-0.39, 0.29) is 6.01 Å². The Labute approximate surface area is 226 Å². The number of hydrogen-bond acceptors (Lipinski definition) is 8. The maximum atomic E-state index is 11.6. The van der Waals surface area contributed by atoms with E-state index >= 15 is 0 Å². The van der Waals surface area contributed by atoms with Crippen LogP contribution in [0.1, 0.15) is 42.6 Å². The van der Waals surface area contributed by atoms with Gasteiger partial charge in [-0.2, -0.15) is 9.97 Å². The highest BCUT2D eigenvalue weighted by molar-refractivity contribution is 6.76. The van der Waals surface area contributed by atoms with E-state index in [0.29, 0.717) is 42.4 Å². The molecule has 3 aromatic rings. The smallest absolute Gasteiger partial charge is 0.319 e. The molecule has 10 heteroatoms. The number of rotatable bonds is 13. The van der Waals surface area contributed by atoms with Crippen LogP contribution in [0, 0.1) is 0 Å². The first-order valence-electron chi connectivity index (χ1n) is 13.7. The van der Waals surface area contributed by atoms with Crippen LogP contribution in [0.5, 0.6) is 6.01 Å². The number of anilines is 1. The van der Waals surface area contributed by atoms with Crippen LogP contribution >= 0.6 is 0 Å². The van der Waals surface area contributed by atoms with Gasteiger partial charge in [0.15, 0.2) is 5.82 Å². The summed E-state index contributed by atoms with van der Waals surface area (Å²) in [6, 6.07) is 9.41. The lowest BCUT2D eigenvalue weighted by molar-refractivity contribution is 0.0341. The normalized spacial score (nSPS) is 15.7. The zero-order valence-corrected chi connectivity index (χ0v) is 24.3. The zero-order chi connectivity index (χ0) is 27.1. The van der Waals surface area contributed by atoms with Crippen molar-refractivity contribution >= 4 is 24.9 Å². The Kier molecular flexibility index (Phi) is 9.78. The fourth-order valence-corrected chi connectivity index (χ4v) is 5.26. The Morgan fingerprint density at radius 2 is 1.95 bits per heavy atom. The molecular formula is C28H43N5O4Si. The molecule has 38 heavy (non-hydrogen) atoms. The second-order valence-corrected chi connectivity index (χ2v) is 16.9. The first-order chi connectivity index (χ1) is 18.2. The Morgan fingerprint density at radius 3 is 2.68 bits per heavy atom. The van der Waals surface area contributed by atoms with Gasteiger partial charge in [0.1, 0.15) is 23.9 Å². The van der Waals surface area contributed by atoms with Crippen molar-refractivity contribution < 1.29 is 19.3 Å². The quantitative estimate of drug-likeness (QED) is 0.242. The molecule has 1 aromatic carbocycles. The summed E-state index contributed by atoms with van der Waals surface area (Å²) in [6.45, 7) is 14.8. The molecule has 2 aromatic heterocycles. The van der Waals surface area contributed by atoms with E-state index in [4.69, 9.17) is 24.9 Å². The van der Waals surface area contributed by atoms with Gasteiger partial charge in [-0.05, 0) is 23.6 Å². The van der Waals surface area contributed by atoms with E-state index in [2.05, 4.69) is 48.6 Å². The first-order valence-corrected chi connectivity index (χ1v) is 17.4. The molecule has 1 unspecified atom stereocenters. The van der Waals surface area contributed by atoms with Crippen LogP contribution in [0.2, 0.25) is 25.7 Å². The number of benzene rings is 1. The monoisotopic (exact) mass is 541 g/mol. The van der Waals surface area contributed by atoms with Crippen molar-refractivity contribution in [1.29, 1.82) is 0 Å². The third kappa shape index (κ3) is 7.54. The number of aromatic nitrogens is 3. The van der Waals surface area contributed by atoms with Gasteiger partial charge in [0.2, 0.25) is 0 Å². The van der Waals surface area contributed by atoms with E-state index in [9.17, 15) is 5.11 Å². The molecule has 1 fully saturated rings. The molecule has 1 aliphatic rings. The average Bonchev–Trinajstić information content (AvgIpc) is 3.25. The predicted molar refractivity (Wildman–Crippen MR) is 153 cm³/mol. The van der Waals surface area contributed by atoms with Gasteiger partial charge in [-0.15, -0.1) is 0 Å². The number of fused-ring (bicyclic) bond motifs is 1. The molecule has 0 aliphatic carbocycles. The van der Waals surface area contributed by atoms with Crippen molar-refractivity contribution in [3.63, 3.8) is 0 Å². The Bertz CT molecular complexity index is 1190. The summed E-state index contributed by atoms with van der Waals surface area (Å²) in [5, 5.41) is 11.6. The van der Waals surface area contributed by atoms with Gasteiger partial charge >= 0.3 is 6.01 Å². The van der Waals surface area contributed by atoms with Gasteiger partial charge < -0.3 is 29.6 Å². The standard InChI is InChI=1S/C28H43N5O4Si/c1-5-6-12-37-28-30-24-23(19-33(25(24)27(29)31-28)20-36-15-16-38(2,3)4)26(34)22-9-7-8-21(17-22)18-32-10-13-35-14-11-32/h7-9,17,19,26,34H,5-6,10-16,18,20H2,1-4H3,(H2,29,30,31). The molecule has 0 amide bonds. The minimum atomic E-state index is -1.21. The minimum absolute atomic E-state index is 0.232. The summed E-state index contributed by atoms with van der Waals surface area (Å²) in [4.78, 5) is 11.5. The number of morpholine rings is 1. The van der Waals surface area contributed by atoms with Crippen LogP contribution in [-0.4, -0.2) is 72.1 Å². The van der Waals surface area contributed by atoms with E-state index in [1.165, 1.54) is 0 Å². The topological polar surface area (TPSA) is 108 Å². The van der Waals surface area contributed by atoms with Gasteiger partial charge in [-0.25, -0.2) is 0 Å². The third-order valence-corrected chi connectivity index (χ3v) is 8.48. The zero-order valence-electron chi connectivity index (χ0n) is 23.3. The molecule has 1 aliphatic heterocycles. The molecule has 1 saturated heterocycles. The highest BCUT2D eigenvalue weighted by Gasteiger charge is 2.23. The van der Waals surface area contributed by atoms with Crippen LogP contribution in [0.4, 0.5) is 5.82 Å². The lowest BCUT2D eigenvalue weighted by Gasteiger charge is -2.26. The number of nitrogens with zero attached hydrogens (tertiary/aromatic N) is 4. The molecule has 0 saturated carbocycles. The van der Waals surface area contributed by atoms with Crippen molar-refractivity contribution in [3.8, 4) is 6.01 Å². The number of nitrogen functional groups attached to an aromatic ring is 1. The molecule has 4 rings (SSSR count). The van der Waals surface area contributed by atoms with E-state index in [1.54, 1.807) is 0 Å². The summed E-state index contributed by atoms with van der Waals surface area (Å²) >= 11 is 0. The number of hydrogen-bond donors (Lipinski definition) is 2. The molecule has 3 N–H and O–H groups in total. The molecule has 0 spiro atoms. The van der Waals surface area contributed by atoms with Gasteiger partial charge in [-0.3, -0.25) is 4.90 Å². The highest BCUT2D eigenvalue weighted by atomic mass is 28.3. The Hall–Kier alpha value is -2.50. The third-order valence-electron chi connectivity index (χ3n) is 6.77. The fourth-order valence-electron chi connectivity index (χ4n) is 4.50. The second kappa shape index (κ2) is 13.0. The summed E-state index contributed by atoms with van der Waals surface area (Å²) in [6.07, 6.45) is 2.91. The van der Waals surface area contributed by atoms with Crippen LogP contribution < -0.4 is 10.5 Å². The van der Waals surface area contributed by atoms with Crippen LogP contribution in [0.15, 0.2) is 30.5 Å². The average molecular weight is 542 g/mol. The number of aliphatic hydroxyl groups is 1. The fraction of sp³-hybridized carbons (Fsp3) is 0.571. The molecule has 0 bridgehead atoms. The number of nitrogens with two attached hydrogens (primary N) is 1. The van der Waals surface area contributed by atoms with Crippen molar-refractivity contribution in [2.45, 2.75) is 64.8 Å². The molecule has 208 valence electrons. The van der Waals surface area contributed by atoms with Crippen LogP contribution in [0.3, 0.4) is 0 Å². The van der Waals surface area contributed by atoms with E-state index < -0.39 is 14.2 Å². The van der Waals surface area contributed by atoms with Crippen molar-refractivity contribution in [2.24, 2.45) is 0 Å². The van der Waals surface area contributed by atoms with Crippen molar-refractivity contribution in [1.82, 2.24) is 19.4 Å². The summed E-state index contributed by atoms with van der Waals surface area (Å²) < 4.78 is 19.2. The molecular weight excluding hydrogens is 498 g/mol. The van der Waals surface area contributed by atoms with Crippen LogP contribution in [-0.2, 0) is 22.7 Å².